The van der Waals surface area contributed by atoms with Crippen LogP contribution in [0, 0.1) is 18.3 Å². The zero-order valence-electron chi connectivity index (χ0n) is 14.1. The summed E-state index contributed by atoms with van der Waals surface area (Å²) in [6.45, 7) is 1.76. The van der Waals surface area contributed by atoms with Gasteiger partial charge in [0.15, 0.2) is 0 Å². The van der Waals surface area contributed by atoms with Gasteiger partial charge < -0.3 is 10.6 Å². The van der Waals surface area contributed by atoms with Crippen LogP contribution >= 0.6 is 23.2 Å². The van der Waals surface area contributed by atoms with Crippen LogP contribution < -0.4 is 10.6 Å². The fourth-order valence-electron chi connectivity index (χ4n) is 2.28. The molecular weight excluding hydrogens is 385 g/mol. The zero-order valence-corrected chi connectivity index (χ0v) is 15.6. The Kier molecular flexibility index (Phi) is 5.55. The molecule has 0 aliphatic rings. The zero-order chi connectivity index (χ0) is 19.4. The molecule has 134 valence electrons. The summed E-state index contributed by atoms with van der Waals surface area (Å²) in [6, 6.07) is 15.2. The number of hydrogen-bond acceptors (Lipinski definition) is 5. The predicted octanol–water partition coefficient (Wildman–Crippen LogP) is 4.96. The topological polar surface area (TPSA) is 90.7 Å². The van der Waals surface area contributed by atoms with Crippen molar-refractivity contribution in [3.05, 3.63) is 75.5 Å². The highest BCUT2D eigenvalue weighted by atomic mass is 35.5. The van der Waals surface area contributed by atoms with E-state index in [0.717, 1.165) is 0 Å². The maximum Gasteiger partial charge on any atom is 0.274 e. The Morgan fingerprint density at radius 3 is 2.52 bits per heavy atom. The highest BCUT2D eigenvalue weighted by Crippen LogP contribution is 2.26. The van der Waals surface area contributed by atoms with Crippen molar-refractivity contribution in [2.45, 2.75) is 6.92 Å². The van der Waals surface area contributed by atoms with Crippen LogP contribution in [0.2, 0.25) is 10.0 Å². The van der Waals surface area contributed by atoms with E-state index in [1.807, 2.05) is 0 Å². The highest BCUT2D eigenvalue weighted by molar-refractivity contribution is 6.35. The maximum atomic E-state index is 12.6. The number of carbonyl (C=O) groups excluding carboxylic acids is 1. The van der Waals surface area contributed by atoms with Gasteiger partial charge in [0.25, 0.3) is 5.91 Å². The molecule has 0 spiro atoms. The quantitative estimate of drug-likeness (QED) is 0.648. The van der Waals surface area contributed by atoms with Gasteiger partial charge in [-0.25, -0.2) is 9.97 Å². The number of aromatic nitrogens is 2. The first-order valence-corrected chi connectivity index (χ1v) is 8.59. The Morgan fingerprint density at radius 1 is 1.07 bits per heavy atom. The molecule has 0 aliphatic carbocycles. The molecule has 3 aromatic rings. The molecule has 0 atom stereocenters. The summed E-state index contributed by atoms with van der Waals surface area (Å²) in [5.41, 5.74) is 2.43. The van der Waals surface area contributed by atoms with Crippen molar-refractivity contribution in [3.63, 3.8) is 0 Å². The second-order valence-electron chi connectivity index (χ2n) is 5.61. The smallest absolute Gasteiger partial charge is 0.274 e. The molecule has 1 aromatic heterocycles. The number of nitriles is 1. The molecule has 3 rings (SSSR count). The van der Waals surface area contributed by atoms with Crippen LogP contribution in [0.5, 0.6) is 0 Å². The monoisotopic (exact) mass is 397 g/mol. The lowest BCUT2D eigenvalue weighted by atomic mass is 10.2. The van der Waals surface area contributed by atoms with Gasteiger partial charge in [0.2, 0.25) is 5.95 Å². The fourth-order valence-corrected chi connectivity index (χ4v) is 2.61. The number of amides is 1. The predicted molar refractivity (Wildman–Crippen MR) is 106 cm³/mol. The summed E-state index contributed by atoms with van der Waals surface area (Å²) >= 11 is 12.0. The molecule has 8 heteroatoms. The minimum absolute atomic E-state index is 0.176. The van der Waals surface area contributed by atoms with Crippen LogP contribution in [0.3, 0.4) is 0 Å². The molecule has 0 saturated carbocycles. The Balaban J connectivity index is 1.82. The van der Waals surface area contributed by atoms with Crippen molar-refractivity contribution >= 4 is 46.4 Å². The number of anilines is 3. The Labute approximate surface area is 165 Å². The SMILES string of the molecule is Cc1cc(C(=O)Nc2cc(Cl)ccc2Cl)nc(Nc2ccc(C#N)cc2)n1. The van der Waals surface area contributed by atoms with Gasteiger partial charge in [-0.05, 0) is 55.5 Å². The molecule has 6 nitrogen and oxygen atoms in total. The largest absolute Gasteiger partial charge is 0.324 e. The molecule has 0 aliphatic heterocycles. The normalized spacial score (nSPS) is 10.1. The van der Waals surface area contributed by atoms with Crippen LogP contribution in [0.4, 0.5) is 17.3 Å². The van der Waals surface area contributed by atoms with Gasteiger partial charge in [-0.2, -0.15) is 5.26 Å². The Bertz CT molecular complexity index is 1040. The summed E-state index contributed by atoms with van der Waals surface area (Å²) in [5.74, 6) is -0.172. The standard InChI is InChI=1S/C19H13Cl2N5O/c1-11-8-17(18(27)25-16-9-13(20)4-7-15(16)21)26-19(23-11)24-14-5-2-12(10-22)3-6-14/h2-9H,1H3,(H,25,27)(H,23,24,26). The summed E-state index contributed by atoms with van der Waals surface area (Å²) in [6.07, 6.45) is 0. The van der Waals surface area contributed by atoms with E-state index in [1.54, 1.807) is 55.5 Å². The van der Waals surface area contributed by atoms with Crippen molar-refractivity contribution in [1.82, 2.24) is 9.97 Å². The summed E-state index contributed by atoms with van der Waals surface area (Å²) in [7, 11) is 0. The van der Waals surface area contributed by atoms with Crippen molar-refractivity contribution in [2.24, 2.45) is 0 Å². The number of halogens is 2. The lowest BCUT2D eigenvalue weighted by Gasteiger charge is -2.10. The van der Waals surface area contributed by atoms with Crippen LogP contribution in [0.1, 0.15) is 21.7 Å². The number of hydrogen-bond donors (Lipinski definition) is 2. The molecule has 0 bridgehead atoms. The van der Waals surface area contributed by atoms with E-state index in [9.17, 15) is 4.79 Å². The molecule has 0 radical (unpaired) electrons. The van der Waals surface area contributed by atoms with Gasteiger partial charge in [-0.1, -0.05) is 23.2 Å². The first-order chi connectivity index (χ1) is 12.9. The van der Waals surface area contributed by atoms with Crippen molar-refractivity contribution in [2.75, 3.05) is 10.6 Å². The second-order valence-corrected chi connectivity index (χ2v) is 6.45. The fraction of sp³-hybridized carbons (Fsp3) is 0.0526. The van der Waals surface area contributed by atoms with Crippen LogP contribution in [-0.2, 0) is 0 Å². The van der Waals surface area contributed by atoms with Gasteiger partial charge in [0.05, 0.1) is 22.3 Å². The third-order valence-corrected chi connectivity index (χ3v) is 4.10. The van der Waals surface area contributed by atoms with E-state index >= 15 is 0 Å². The van der Waals surface area contributed by atoms with Crippen molar-refractivity contribution in [1.29, 1.82) is 5.26 Å². The average molecular weight is 398 g/mol. The lowest BCUT2D eigenvalue weighted by Crippen LogP contribution is -2.15. The number of nitrogens with zero attached hydrogens (tertiary/aromatic N) is 3. The van der Waals surface area contributed by atoms with Gasteiger partial charge >= 0.3 is 0 Å². The van der Waals surface area contributed by atoms with Crippen LogP contribution in [0.15, 0.2) is 48.5 Å². The Hall–Kier alpha value is -3.14. The second kappa shape index (κ2) is 8.04. The van der Waals surface area contributed by atoms with E-state index in [4.69, 9.17) is 28.5 Å². The lowest BCUT2D eigenvalue weighted by molar-refractivity contribution is 0.102. The molecule has 1 amide bonds. The van der Waals surface area contributed by atoms with Gasteiger partial charge in [0, 0.05) is 16.4 Å². The van der Waals surface area contributed by atoms with E-state index in [2.05, 4.69) is 26.7 Å². The molecule has 2 aromatic carbocycles. The molecule has 0 saturated heterocycles. The van der Waals surface area contributed by atoms with Crippen molar-refractivity contribution < 1.29 is 4.79 Å². The highest BCUT2D eigenvalue weighted by Gasteiger charge is 2.13. The van der Waals surface area contributed by atoms with Crippen molar-refractivity contribution in [3.8, 4) is 6.07 Å². The van der Waals surface area contributed by atoms with Crippen LogP contribution in [0.25, 0.3) is 0 Å². The summed E-state index contributed by atoms with van der Waals surface area (Å²) in [4.78, 5) is 21.1. The average Bonchev–Trinajstić information content (AvgIpc) is 2.65. The molecule has 1 heterocycles. The maximum absolute atomic E-state index is 12.6. The van der Waals surface area contributed by atoms with E-state index in [0.29, 0.717) is 32.7 Å². The molecule has 0 fully saturated rings. The number of carbonyl (C=O) groups is 1. The third-order valence-electron chi connectivity index (χ3n) is 3.53. The summed E-state index contributed by atoms with van der Waals surface area (Å²) in [5, 5.41) is 15.4. The van der Waals surface area contributed by atoms with E-state index in [1.165, 1.54) is 0 Å². The third kappa shape index (κ3) is 4.73. The number of rotatable bonds is 4. The minimum atomic E-state index is -0.437. The number of benzene rings is 2. The molecule has 27 heavy (non-hydrogen) atoms. The van der Waals surface area contributed by atoms with Gasteiger partial charge in [-0.3, -0.25) is 4.79 Å². The van der Waals surface area contributed by atoms with E-state index in [-0.39, 0.29) is 11.6 Å². The first-order valence-electron chi connectivity index (χ1n) is 7.84. The van der Waals surface area contributed by atoms with Gasteiger partial charge in [-0.15, -0.1) is 0 Å². The summed E-state index contributed by atoms with van der Waals surface area (Å²) < 4.78 is 0. The molecule has 0 unspecified atom stereocenters. The minimum Gasteiger partial charge on any atom is -0.324 e. The molecular formula is C19H13Cl2N5O. The number of nitrogens with one attached hydrogen (secondary N) is 2. The number of aryl methyl sites for hydroxylation is 1. The van der Waals surface area contributed by atoms with Crippen LogP contribution in [-0.4, -0.2) is 15.9 Å². The Morgan fingerprint density at radius 2 is 1.81 bits per heavy atom. The van der Waals surface area contributed by atoms with E-state index < -0.39 is 5.91 Å². The molecule has 2 N–H and O–H groups in total. The first kappa shape index (κ1) is 18.6. The van der Waals surface area contributed by atoms with Gasteiger partial charge in [0.1, 0.15) is 5.69 Å².